The topological polar surface area (TPSA) is 23.5 Å². The van der Waals surface area contributed by atoms with Gasteiger partial charge in [-0.3, -0.25) is 0 Å². The zero-order valence-corrected chi connectivity index (χ0v) is 10.8. The Bertz CT molecular complexity index is 191. The molecule has 1 aliphatic rings. The Morgan fingerprint density at radius 3 is 2.47 bits per heavy atom. The molecule has 2 unspecified atom stereocenters. The first-order valence-corrected chi connectivity index (χ1v) is 6.33. The van der Waals surface area contributed by atoms with Gasteiger partial charge in [-0.15, -0.1) is 0 Å². The lowest BCUT2D eigenvalue weighted by atomic mass is 9.85. The summed E-state index contributed by atoms with van der Waals surface area (Å²) in [5, 5.41) is 9.47. The van der Waals surface area contributed by atoms with Gasteiger partial charge < -0.3 is 10.0 Å². The van der Waals surface area contributed by atoms with Crippen molar-refractivity contribution >= 4 is 0 Å². The van der Waals surface area contributed by atoms with Crippen molar-refractivity contribution < 1.29 is 5.11 Å². The van der Waals surface area contributed by atoms with Gasteiger partial charge in [0, 0.05) is 24.6 Å². The van der Waals surface area contributed by atoms with Crippen LogP contribution in [-0.2, 0) is 0 Å². The number of aliphatic hydroxyl groups excluding tert-OH is 1. The predicted octanol–water partition coefficient (Wildman–Crippen LogP) is 2.52. The van der Waals surface area contributed by atoms with Crippen LogP contribution in [0.25, 0.3) is 0 Å². The van der Waals surface area contributed by atoms with Crippen LogP contribution in [0, 0.1) is 11.3 Å². The van der Waals surface area contributed by atoms with Crippen molar-refractivity contribution in [3.8, 4) is 0 Å². The molecule has 0 amide bonds. The predicted molar refractivity (Wildman–Crippen MR) is 64.9 cm³/mol. The van der Waals surface area contributed by atoms with Crippen LogP contribution in [0.15, 0.2) is 0 Å². The van der Waals surface area contributed by atoms with E-state index in [1.54, 1.807) is 0 Å². The molecule has 1 saturated carbocycles. The molecule has 2 heteroatoms. The minimum absolute atomic E-state index is 0.0899. The zero-order chi connectivity index (χ0) is 11.5. The molecule has 1 rings (SSSR count). The Balaban J connectivity index is 2.42. The highest BCUT2D eigenvalue weighted by molar-refractivity contribution is 4.86. The largest absolute Gasteiger partial charge is 0.396 e. The molecule has 0 aliphatic heterocycles. The standard InChI is InChI=1S/C13H27NO/c1-5-8-13(3,10-15)9-14(4)11(2)12-6-7-12/h11-12,15H,5-10H2,1-4H3. The van der Waals surface area contributed by atoms with Gasteiger partial charge in [-0.05, 0) is 39.2 Å². The molecule has 1 fully saturated rings. The van der Waals surface area contributed by atoms with E-state index >= 15 is 0 Å². The third-order valence-corrected chi connectivity index (χ3v) is 3.87. The monoisotopic (exact) mass is 213 g/mol. The summed E-state index contributed by atoms with van der Waals surface area (Å²) in [6, 6.07) is 0.688. The number of rotatable bonds is 7. The molecule has 1 N–H and O–H groups in total. The third kappa shape index (κ3) is 3.76. The Morgan fingerprint density at radius 1 is 1.47 bits per heavy atom. The van der Waals surface area contributed by atoms with Gasteiger partial charge in [-0.2, -0.15) is 0 Å². The van der Waals surface area contributed by atoms with Crippen molar-refractivity contribution in [3.63, 3.8) is 0 Å². The summed E-state index contributed by atoms with van der Waals surface area (Å²) >= 11 is 0. The van der Waals surface area contributed by atoms with Crippen molar-refractivity contribution in [3.05, 3.63) is 0 Å². The van der Waals surface area contributed by atoms with Crippen LogP contribution in [0.2, 0.25) is 0 Å². The average molecular weight is 213 g/mol. The van der Waals surface area contributed by atoms with Crippen LogP contribution in [0.5, 0.6) is 0 Å². The van der Waals surface area contributed by atoms with Crippen LogP contribution in [-0.4, -0.2) is 36.2 Å². The lowest BCUT2D eigenvalue weighted by Crippen LogP contribution is -2.41. The van der Waals surface area contributed by atoms with E-state index in [4.69, 9.17) is 0 Å². The number of nitrogens with zero attached hydrogens (tertiary/aromatic N) is 1. The minimum Gasteiger partial charge on any atom is -0.396 e. The molecule has 0 radical (unpaired) electrons. The van der Waals surface area contributed by atoms with Gasteiger partial charge in [0.05, 0.1) is 0 Å². The number of aliphatic hydroxyl groups is 1. The minimum atomic E-state index is 0.0899. The van der Waals surface area contributed by atoms with Crippen LogP contribution in [0.3, 0.4) is 0 Å². The van der Waals surface area contributed by atoms with Crippen molar-refractivity contribution in [1.82, 2.24) is 4.90 Å². The van der Waals surface area contributed by atoms with Crippen LogP contribution in [0.4, 0.5) is 0 Å². The van der Waals surface area contributed by atoms with E-state index in [0.717, 1.165) is 25.3 Å². The second-order valence-electron chi connectivity index (χ2n) is 5.71. The molecule has 0 aromatic rings. The highest BCUT2D eigenvalue weighted by Crippen LogP contribution is 2.36. The molecule has 0 bridgehead atoms. The van der Waals surface area contributed by atoms with E-state index in [0.29, 0.717) is 12.6 Å². The van der Waals surface area contributed by atoms with Gasteiger partial charge in [0.2, 0.25) is 0 Å². The lowest BCUT2D eigenvalue weighted by Gasteiger charge is -2.35. The van der Waals surface area contributed by atoms with E-state index in [-0.39, 0.29) is 5.41 Å². The van der Waals surface area contributed by atoms with E-state index in [1.807, 2.05) is 0 Å². The maximum absolute atomic E-state index is 9.47. The maximum Gasteiger partial charge on any atom is 0.0497 e. The van der Waals surface area contributed by atoms with Crippen molar-refractivity contribution in [2.45, 2.75) is 52.5 Å². The summed E-state index contributed by atoms with van der Waals surface area (Å²) < 4.78 is 0. The molecule has 2 nitrogen and oxygen atoms in total. The highest BCUT2D eigenvalue weighted by Gasteiger charge is 2.33. The first-order chi connectivity index (χ1) is 7.02. The first kappa shape index (κ1) is 13.0. The molecule has 90 valence electrons. The molecule has 0 aromatic carbocycles. The SMILES string of the molecule is CCCC(C)(CO)CN(C)C(C)C1CC1. The van der Waals surface area contributed by atoms with Gasteiger partial charge >= 0.3 is 0 Å². The van der Waals surface area contributed by atoms with Gasteiger partial charge in [0.25, 0.3) is 0 Å². The van der Waals surface area contributed by atoms with E-state index in [9.17, 15) is 5.11 Å². The number of hydrogen-bond acceptors (Lipinski definition) is 2. The smallest absolute Gasteiger partial charge is 0.0497 e. The fourth-order valence-electron chi connectivity index (χ4n) is 2.50. The zero-order valence-electron chi connectivity index (χ0n) is 10.8. The average Bonchev–Trinajstić information content (AvgIpc) is 3.00. The van der Waals surface area contributed by atoms with Crippen LogP contribution >= 0.6 is 0 Å². The van der Waals surface area contributed by atoms with E-state index < -0.39 is 0 Å². The summed E-state index contributed by atoms with van der Waals surface area (Å²) in [6.45, 7) is 8.05. The van der Waals surface area contributed by atoms with Crippen molar-refractivity contribution in [2.24, 2.45) is 11.3 Å². The Kier molecular flexibility index (Phi) is 4.60. The Hall–Kier alpha value is -0.0800. The summed E-state index contributed by atoms with van der Waals surface area (Å²) in [5.74, 6) is 0.916. The molecular weight excluding hydrogens is 186 g/mol. The van der Waals surface area contributed by atoms with Gasteiger partial charge in [0.1, 0.15) is 0 Å². The van der Waals surface area contributed by atoms with Crippen LogP contribution in [0.1, 0.15) is 46.5 Å². The Morgan fingerprint density at radius 2 is 2.07 bits per heavy atom. The third-order valence-electron chi connectivity index (χ3n) is 3.87. The fourth-order valence-corrected chi connectivity index (χ4v) is 2.50. The van der Waals surface area contributed by atoms with Crippen LogP contribution < -0.4 is 0 Å². The normalized spacial score (nSPS) is 22.8. The number of hydrogen-bond donors (Lipinski definition) is 1. The summed E-state index contributed by atoms with van der Waals surface area (Å²) in [7, 11) is 2.20. The first-order valence-electron chi connectivity index (χ1n) is 6.33. The van der Waals surface area contributed by atoms with E-state index in [1.165, 1.54) is 12.8 Å². The van der Waals surface area contributed by atoms with Gasteiger partial charge in [0.15, 0.2) is 0 Å². The quantitative estimate of drug-likeness (QED) is 0.702. The van der Waals surface area contributed by atoms with Gasteiger partial charge in [-0.1, -0.05) is 20.3 Å². The van der Waals surface area contributed by atoms with Gasteiger partial charge in [-0.25, -0.2) is 0 Å². The molecule has 0 aromatic heterocycles. The molecule has 1 aliphatic carbocycles. The molecule has 15 heavy (non-hydrogen) atoms. The highest BCUT2D eigenvalue weighted by atomic mass is 16.3. The fraction of sp³-hybridized carbons (Fsp3) is 1.00. The summed E-state index contributed by atoms with van der Waals surface area (Å²) in [5.41, 5.74) is 0.0899. The molecule has 0 spiro atoms. The Labute approximate surface area is 94.7 Å². The van der Waals surface area contributed by atoms with Crippen molar-refractivity contribution in [2.75, 3.05) is 20.2 Å². The molecule has 0 heterocycles. The molecular formula is C13H27NO. The summed E-state index contributed by atoms with van der Waals surface area (Å²) in [6.07, 6.45) is 5.07. The summed E-state index contributed by atoms with van der Waals surface area (Å²) in [4.78, 5) is 2.43. The second-order valence-corrected chi connectivity index (χ2v) is 5.71. The maximum atomic E-state index is 9.47. The van der Waals surface area contributed by atoms with Crippen molar-refractivity contribution in [1.29, 1.82) is 0 Å². The van der Waals surface area contributed by atoms with E-state index in [2.05, 4.69) is 32.7 Å². The molecule has 2 atom stereocenters. The second kappa shape index (κ2) is 5.31. The molecule has 0 saturated heterocycles. The lowest BCUT2D eigenvalue weighted by molar-refractivity contribution is 0.0719.